The summed E-state index contributed by atoms with van der Waals surface area (Å²) >= 11 is 0. The number of amides is 3. The Morgan fingerprint density at radius 2 is 1.69 bits per heavy atom. The highest BCUT2D eigenvalue weighted by Crippen LogP contribution is 2.30. The maximum atomic E-state index is 13.0. The summed E-state index contributed by atoms with van der Waals surface area (Å²) < 4.78 is 38.1. The van der Waals surface area contributed by atoms with Crippen molar-refractivity contribution >= 4 is 23.3 Å². The van der Waals surface area contributed by atoms with E-state index in [1.54, 1.807) is 4.90 Å². The van der Waals surface area contributed by atoms with Crippen LogP contribution in [0.1, 0.15) is 24.0 Å². The van der Waals surface area contributed by atoms with Crippen LogP contribution in [-0.2, 0) is 17.6 Å². The molecule has 1 heterocycles. The van der Waals surface area contributed by atoms with E-state index in [0.717, 1.165) is 41.0 Å². The molecule has 3 aromatic rings. The zero-order valence-corrected chi connectivity index (χ0v) is 18.7. The molecule has 6 nitrogen and oxygen atoms in total. The number of aliphatic hydroxyl groups excluding tert-OH is 1. The predicted octanol–water partition coefficient (Wildman–Crippen LogP) is 5.18. The van der Waals surface area contributed by atoms with Crippen molar-refractivity contribution in [3.63, 3.8) is 0 Å². The molecule has 4 rings (SSSR count). The van der Waals surface area contributed by atoms with Crippen molar-refractivity contribution in [3.8, 4) is 11.1 Å². The van der Waals surface area contributed by atoms with E-state index in [9.17, 15) is 27.9 Å². The van der Waals surface area contributed by atoms with Crippen molar-refractivity contribution in [2.45, 2.75) is 31.7 Å². The van der Waals surface area contributed by atoms with Gasteiger partial charge in [0.15, 0.2) is 0 Å². The van der Waals surface area contributed by atoms with Gasteiger partial charge in [-0.1, -0.05) is 36.4 Å². The first-order chi connectivity index (χ1) is 16.8. The average Bonchev–Trinajstić information content (AvgIpc) is 2.85. The van der Waals surface area contributed by atoms with Gasteiger partial charge in [-0.05, 0) is 65.9 Å². The standard InChI is InChI=1S/C26H24F3N3O3/c27-26(28,29)19-9-11-20(12-10-19)30-25(35)31-23-6-3-15-32(24(23)34)21-13-7-17(8-14-21)22-5-2-1-4-18(22)16-33/h1-2,4-5,7-14,23,33H,3,6,15-16H2,(H2,30,31,35)/t23-/m1/s1. The fourth-order valence-electron chi connectivity index (χ4n) is 4.09. The van der Waals surface area contributed by atoms with Gasteiger partial charge in [0.2, 0.25) is 5.91 Å². The second-order valence-electron chi connectivity index (χ2n) is 8.22. The summed E-state index contributed by atoms with van der Waals surface area (Å²) in [5, 5.41) is 14.7. The summed E-state index contributed by atoms with van der Waals surface area (Å²) in [7, 11) is 0. The van der Waals surface area contributed by atoms with Crippen molar-refractivity contribution in [2.24, 2.45) is 0 Å². The zero-order chi connectivity index (χ0) is 25.0. The molecule has 0 spiro atoms. The fraction of sp³-hybridized carbons (Fsp3) is 0.231. The minimum Gasteiger partial charge on any atom is -0.392 e. The quantitative estimate of drug-likeness (QED) is 0.468. The number of alkyl halides is 3. The molecule has 0 aliphatic carbocycles. The Morgan fingerprint density at radius 3 is 2.34 bits per heavy atom. The van der Waals surface area contributed by atoms with Crippen molar-refractivity contribution in [3.05, 3.63) is 83.9 Å². The lowest BCUT2D eigenvalue weighted by Crippen LogP contribution is -2.53. The molecule has 1 aliphatic heterocycles. The van der Waals surface area contributed by atoms with Gasteiger partial charge >= 0.3 is 12.2 Å². The lowest BCUT2D eigenvalue weighted by atomic mass is 9.99. The molecule has 3 amide bonds. The third kappa shape index (κ3) is 5.63. The Balaban J connectivity index is 1.40. The van der Waals surface area contributed by atoms with Gasteiger partial charge in [-0.3, -0.25) is 4.79 Å². The molecule has 1 fully saturated rings. The molecule has 1 saturated heterocycles. The first-order valence-electron chi connectivity index (χ1n) is 11.1. The molecule has 3 N–H and O–H groups in total. The Bertz CT molecular complexity index is 1190. The number of piperidine rings is 1. The van der Waals surface area contributed by atoms with Gasteiger partial charge < -0.3 is 20.6 Å². The SMILES string of the molecule is O=C(Nc1ccc(C(F)(F)F)cc1)N[C@@H]1CCCN(c2ccc(-c3ccccc3CO)cc2)C1=O. The summed E-state index contributed by atoms with van der Waals surface area (Å²) in [6.45, 7) is 0.425. The highest BCUT2D eigenvalue weighted by atomic mass is 19.4. The van der Waals surface area contributed by atoms with E-state index >= 15 is 0 Å². The number of benzene rings is 3. The number of halogens is 3. The normalized spacial score (nSPS) is 16.2. The number of aliphatic hydroxyl groups is 1. The third-order valence-electron chi connectivity index (χ3n) is 5.89. The Hall–Kier alpha value is -3.85. The van der Waals surface area contributed by atoms with E-state index in [1.807, 2.05) is 48.5 Å². The summed E-state index contributed by atoms with van der Waals surface area (Å²) in [5.41, 5.74) is 2.69. The van der Waals surface area contributed by atoms with Gasteiger partial charge in [0.1, 0.15) is 6.04 Å². The molecular formula is C26H24F3N3O3. The summed E-state index contributed by atoms with van der Waals surface area (Å²) in [4.78, 5) is 27.0. The van der Waals surface area contributed by atoms with Crippen molar-refractivity contribution in [1.82, 2.24) is 5.32 Å². The molecule has 0 unspecified atom stereocenters. The predicted molar refractivity (Wildman–Crippen MR) is 127 cm³/mol. The van der Waals surface area contributed by atoms with E-state index in [0.29, 0.717) is 25.1 Å². The van der Waals surface area contributed by atoms with Crippen LogP contribution in [0.4, 0.5) is 29.3 Å². The third-order valence-corrected chi connectivity index (χ3v) is 5.89. The molecule has 1 atom stereocenters. The van der Waals surface area contributed by atoms with Crippen molar-refractivity contribution < 1.29 is 27.9 Å². The van der Waals surface area contributed by atoms with Gasteiger partial charge in [0.25, 0.3) is 0 Å². The average molecular weight is 483 g/mol. The number of rotatable bonds is 5. The molecule has 1 aliphatic rings. The highest BCUT2D eigenvalue weighted by molar-refractivity contribution is 6.01. The number of nitrogens with zero attached hydrogens (tertiary/aromatic N) is 1. The summed E-state index contributed by atoms with van der Waals surface area (Å²) in [5.74, 6) is -0.262. The smallest absolute Gasteiger partial charge is 0.392 e. The molecule has 0 aromatic heterocycles. The zero-order valence-electron chi connectivity index (χ0n) is 18.7. The minimum absolute atomic E-state index is 0.0789. The van der Waals surface area contributed by atoms with E-state index in [4.69, 9.17) is 0 Å². The van der Waals surface area contributed by atoms with Gasteiger partial charge in [0, 0.05) is 17.9 Å². The van der Waals surface area contributed by atoms with Crippen LogP contribution in [0.25, 0.3) is 11.1 Å². The minimum atomic E-state index is -4.46. The van der Waals surface area contributed by atoms with Crippen molar-refractivity contribution in [2.75, 3.05) is 16.8 Å². The molecule has 35 heavy (non-hydrogen) atoms. The second kappa shape index (κ2) is 10.2. The van der Waals surface area contributed by atoms with Gasteiger partial charge in [-0.2, -0.15) is 13.2 Å². The fourth-order valence-corrected chi connectivity index (χ4v) is 4.09. The van der Waals surface area contributed by atoms with E-state index in [2.05, 4.69) is 10.6 Å². The molecule has 9 heteroatoms. The van der Waals surface area contributed by atoms with Crippen LogP contribution in [0, 0.1) is 0 Å². The van der Waals surface area contributed by atoms with Gasteiger partial charge in [-0.25, -0.2) is 4.79 Å². The molecule has 0 bridgehead atoms. The van der Waals surface area contributed by atoms with Gasteiger partial charge in [0.05, 0.1) is 12.2 Å². The largest absolute Gasteiger partial charge is 0.416 e. The second-order valence-corrected chi connectivity index (χ2v) is 8.22. The first kappa shape index (κ1) is 24.3. The van der Waals surface area contributed by atoms with Crippen molar-refractivity contribution in [1.29, 1.82) is 0 Å². The van der Waals surface area contributed by atoms with Crippen LogP contribution in [0.3, 0.4) is 0 Å². The van der Waals surface area contributed by atoms with Crippen LogP contribution in [0.15, 0.2) is 72.8 Å². The summed E-state index contributed by atoms with van der Waals surface area (Å²) in [6, 6.07) is 17.6. The number of hydrogen-bond donors (Lipinski definition) is 3. The number of carbonyl (C=O) groups is 2. The number of nitrogens with one attached hydrogen (secondary N) is 2. The van der Waals surface area contributed by atoms with Crippen LogP contribution < -0.4 is 15.5 Å². The van der Waals surface area contributed by atoms with E-state index < -0.39 is 23.8 Å². The summed E-state index contributed by atoms with van der Waals surface area (Å²) in [6.07, 6.45) is -3.33. The highest BCUT2D eigenvalue weighted by Gasteiger charge is 2.32. The molecule has 0 saturated carbocycles. The number of hydrogen-bond acceptors (Lipinski definition) is 3. The van der Waals surface area contributed by atoms with Crippen LogP contribution in [-0.4, -0.2) is 29.6 Å². The van der Waals surface area contributed by atoms with Crippen LogP contribution in [0.2, 0.25) is 0 Å². The van der Waals surface area contributed by atoms with Gasteiger partial charge in [-0.15, -0.1) is 0 Å². The molecule has 0 radical (unpaired) electrons. The lowest BCUT2D eigenvalue weighted by molar-refractivity contribution is -0.137. The Morgan fingerprint density at radius 1 is 1.00 bits per heavy atom. The molecule has 182 valence electrons. The maximum Gasteiger partial charge on any atom is 0.416 e. The Kier molecular flexibility index (Phi) is 7.07. The first-order valence-corrected chi connectivity index (χ1v) is 11.1. The van der Waals surface area contributed by atoms with E-state index in [1.165, 1.54) is 0 Å². The van der Waals surface area contributed by atoms with Crippen LogP contribution in [0.5, 0.6) is 0 Å². The topological polar surface area (TPSA) is 81.7 Å². The van der Waals surface area contributed by atoms with Crippen LogP contribution >= 0.6 is 0 Å². The lowest BCUT2D eigenvalue weighted by Gasteiger charge is -2.32. The number of anilines is 2. The van der Waals surface area contributed by atoms with E-state index in [-0.39, 0.29) is 18.2 Å². The monoisotopic (exact) mass is 483 g/mol. The number of carbonyl (C=O) groups excluding carboxylic acids is 2. The number of urea groups is 1. The molecular weight excluding hydrogens is 459 g/mol. The molecule has 3 aromatic carbocycles. The maximum absolute atomic E-state index is 13.0. The Labute approximate surface area is 200 Å².